The third-order valence-corrected chi connectivity index (χ3v) is 17.9. The zero-order chi connectivity index (χ0) is 55.7. The van der Waals surface area contributed by atoms with E-state index in [1.54, 1.807) is 49.1 Å². The Morgan fingerprint density at radius 3 is 1.99 bits per heavy atom. The molecule has 2 unspecified atom stereocenters. The van der Waals surface area contributed by atoms with Gasteiger partial charge in [-0.05, 0) is 64.1 Å². The molecule has 3 atom stereocenters. The summed E-state index contributed by atoms with van der Waals surface area (Å²) in [5.74, 6) is -1.43. The molecule has 2 amide bonds. The Labute approximate surface area is 483 Å². The summed E-state index contributed by atoms with van der Waals surface area (Å²) in [4.78, 5) is 79.2. The summed E-state index contributed by atoms with van der Waals surface area (Å²) >= 11 is 5.58. The number of amides is 2. The van der Waals surface area contributed by atoms with E-state index in [0.29, 0.717) is 28.0 Å². The van der Waals surface area contributed by atoms with Gasteiger partial charge in [0.15, 0.2) is 21.3 Å². The van der Waals surface area contributed by atoms with Crippen LogP contribution in [0.15, 0.2) is 221 Å². The average Bonchev–Trinajstić information content (AvgIpc) is 4.29. The molecule has 0 aliphatic carbocycles. The maximum atomic E-state index is 15.0. The van der Waals surface area contributed by atoms with Crippen molar-refractivity contribution < 1.29 is 38.2 Å². The van der Waals surface area contributed by atoms with Crippen LogP contribution in [0.25, 0.3) is 10.2 Å². The van der Waals surface area contributed by atoms with E-state index in [-0.39, 0.29) is 23.7 Å². The predicted molar refractivity (Wildman–Crippen MR) is 316 cm³/mol. The second-order valence-corrected chi connectivity index (χ2v) is 22.9. The molecule has 2 N–H and O–H groups in total. The van der Waals surface area contributed by atoms with E-state index in [2.05, 4.69) is 20.8 Å². The number of thiazole rings is 2. The number of ether oxygens (including phenoxy) is 3. The zero-order valence-corrected chi connectivity index (χ0v) is 46.9. The number of anilines is 1. The van der Waals surface area contributed by atoms with Crippen LogP contribution in [0.4, 0.5) is 5.13 Å². The van der Waals surface area contributed by atoms with Crippen molar-refractivity contribution in [3.05, 3.63) is 250 Å². The van der Waals surface area contributed by atoms with E-state index in [0.717, 1.165) is 47.9 Å². The van der Waals surface area contributed by atoms with Gasteiger partial charge >= 0.3 is 11.9 Å². The fourth-order valence-corrected chi connectivity index (χ4v) is 13.7. The van der Waals surface area contributed by atoms with Crippen LogP contribution >= 0.6 is 46.2 Å². The average molecular weight is 1150 g/mol. The fourth-order valence-electron chi connectivity index (χ4n) is 9.46. The lowest BCUT2D eigenvalue weighted by atomic mass is 9.77. The van der Waals surface area contributed by atoms with Crippen LogP contribution in [0.3, 0.4) is 0 Å². The van der Waals surface area contributed by atoms with Crippen molar-refractivity contribution in [2.45, 2.75) is 47.0 Å². The molecule has 2 aliphatic rings. The van der Waals surface area contributed by atoms with Gasteiger partial charge in [-0.25, -0.2) is 19.6 Å². The molecule has 0 radical (unpaired) electrons. The number of hydrogen-bond acceptors (Lipinski definition) is 17. The topological polar surface area (TPSA) is 184 Å². The van der Waals surface area contributed by atoms with Gasteiger partial charge in [0, 0.05) is 29.3 Å². The van der Waals surface area contributed by atoms with Crippen molar-refractivity contribution >= 4 is 91.0 Å². The Morgan fingerprint density at radius 1 is 0.790 bits per heavy atom. The monoisotopic (exact) mass is 1150 g/mol. The molecule has 15 nitrogen and oxygen atoms in total. The zero-order valence-electron chi connectivity index (χ0n) is 43.6. The first kappa shape index (κ1) is 54.3. The van der Waals surface area contributed by atoms with E-state index in [1.807, 2.05) is 158 Å². The third kappa shape index (κ3) is 11.8. The predicted octanol–water partition coefficient (Wildman–Crippen LogP) is 11.2. The maximum absolute atomic E-state index is 15.0. The summed E-state index contributed by atoms with van der Waals surface area (Å²) in [7, 11) is 1.57. The first-order valence-electron chi connectivity index (χ1n) is 25.7. The lowest BCUT2D eigenvalue weighted by Gasteiger charge is -2.49. The normalized spacial score (nSPS) is 15.6. The Balaban J connectivity index is 0.896. The van der Waals surface area contributed by atoms with Gasteiger partial charge in [0.1, 0.15) is 40.7 Å². The summed E-state index contributed by atoms with van der Waals surface area (Å²) in [6.07, 6.45) is 1.36. The van der Waals surface area contributed by atoms with Crippen LogP contribution in [0.1, 0.15) is 52.1 Å². The number of thioether (sulfide) groups is 2. The van der Waals surface area contributed by atoms with Gasteiger partial charge in [-0.2, -0.15) is 0 Å². The quantitative estimate of drug-likeness (QED) is 0.0173. The van der Waals surface area contributed by atoms with Gasteiger partial charge in [-0.15, -0.1) is 34.4 Å². The maximum Gasteiger partial charge on any atom is 0.355 e. The lowest BCUT2D eigenvalue weighted by Crippen LogP contribution is -2.71. The second kappa shape index (κ2) is 24.8. The first-order valence-corrected chi connectivity index (χ1v) is 29.5. The summed E-state index contributed by atoms with van der Waals surface area (Å²) in [5, 5.41) is 12.4. The van der Waals surface area contributed by atoms with Crippen LogP contribution in [-0.2, 0) is 45.6 Å². The summed E-state index contributed by atoms with van der Waals surface area (Å²) in [6.45, 7) is 1.42. The highest BCUT2D eigenvalue weighted by molar-refractivity contribution is 8.02. The lowest BCUT2D eigenvalue weighted by molar-refractivity contribution is -0.160. The smallest absolute Gasteiger partial charge is 0.355 e. The minimum atomic E-state index is -1.32. The first-order chi connectivity index (χ1) is 39.7. The molecule has 1 fully saturated rings. The molecule has 0 bridgehead atoms. The summed E-state index contributed by atoms with van der Waals surface area (Å²) in [6, 6.07) is 56.6. The number of carbonyl (C=O) groups is 4. The van der Waals surface area contributed by atoms with Gasteiger partial charge in [-0.3, -0.25) is 19.5 Å². The molecule has 5 heterocycles. The molecule has 9 aromatic rings. The number of carbonyl (C=O) groups excluding carboxylic acids is 4. The van der Waals surface area contributed by atoms with Crippen LogP contribution in [0.5, 0.6) is 5.75 Å². The number of aromatic nitrogens is 3. The van der Waals surface area contributed by atoms with Crippen molar-refractivity contribution in [1.29, 1.82) is 0 Å². The number of nitrogens with one attached hydrogen (secondary N) is 2. The molecule has 1 saturated heterocycles. The number of benzene rings is 6. The van der Waals surface area contributed by atoms with Gasteiger partial charge in [0.05, 0.1) is 17.3 Å². The molecule has 2 aliphatic heterocycles. The van der Waals surface area contributed by atoms with Crippen LogP contribution in [0.2, 0.25) is 0 Å². The van der Waals surface area contributed by atoms with E-state index in [4.69, 9.17) is 29.0 Å². The molecule has 6 aromatic carbocycles. The standard InChI is InChI=1S/C62H51N7O8S4/c1-39(58(72)76-54(41-18-8-3-9-19-41)42-20-10-4-11-21-42)77-68-51(49-38-79-60(64-49)67-62(44-22-12-5-13-23-44,45-24-14-6-15-25-45)46-26-16-7-17-27-46)55(70)66-52-56(71)69-53(59(73)75-35-40-28-30-47(74-2)31-29-40)43(36-78-57(52)69)37-80-61-65-48-32-33-63-34-50(48)81-61/h3-34,38-39,52,54,57H,35-37H2,1-2H3,(H,64,67)(H,66,70)/b68-51-/t39-,52?,57?/m0/s1. The number of hydrogen-bond donors (Lipinski definition) is 2. The highest BCUT2D eigenvalue weighted by Crippen LogP contribution is 2.44. The van der Waals surface area contributed by atoms with E-state index in [9.17, 15) is 19.2 Å². The van der Waals surface area contributed by atoms with Crippen molar-refractivity contribution in [1.82, 2.24) is 25.2 Å². The van der Waals surface area contributed by atoms with Crippen LogP contribution in [0, 0.1) is 0 Å². The number of oxime groups is 1. The number of pyridine rings is 1. The molecule has 19 heteroatoms. The van der Waals surface area contributed by atoms with Gasteiger partial charge < -0.3 is 29.7 Å². The SMILES string of the molecule is COc1ccc(COC(=O)C2=C(CSc3nc4ccncc4s3)CSC3C(NC(=O)/C(=N\O[C@@H](C)C(=O)OC(c4ccccc4)c4ccccc4)c4csc(NC(c5ccccc5)(c5ccccc5)c5ccccc5)n4)C(=O)N23)cc1. The molecule has 11 rings (SSSR count). The fraction of sp³-hybridized carbons (Fsp3) is 0.161. The molecular formula is C62H51N7O8S4. The minimum absolute atomic E-state index is 0.0593. The molecular weight excluding hydrogens is 1100 g/mol. The van der Waals surface area contributed by atoms with Crippen LogP contribution in [-0.4, -0.2) is 85.5 Å². The minimum Gasteiger partial charge on any atom is -0.497 e. The highest BCUT2D eigenvalue weighted by Gasteiger charge is 2.55. The van der Waals surface area contributed by atoms with Crippen molar-refractivity contribution in [3.63, 3.8) is 0 Å². The molecule has 81 heavy (non-hydrogen) atoms. The summed E-state index contributed by atoms with van der Waals surface area (Å²) in [5.41, 5.74) is 5.42. The van der Waals surface area contributed by atoms with E-state index >= 15 is 0 Å². The Kier molecular flexibility index (Phi) is 16.6. The van der Waals surface area contributed by atoms with E-state index < -0.39 is 52.9 Å². The molecule has 3 aromatic heterocycles. The third-order valence-electron chi connectivity index (χ3n) is 13.5. The van der Waals surface area contributed by atoms with Gasteiger partial charge in [0.2, 0.25) is 6.10 Å². The Morgan fingerprint density at radius 2 is 1.40 bits per heavy atom. The van der Waals surface area contributed by atoms with Crippen molar-refractivity contribution in [3.8, 4) is 5.75 Å². The highest BCUT2D eigenvalue weighted by atomic mass is 32.2. The van der Waals surface area contributed by atoms with Crippen molar-refractivity contribution in [2.75, 3.05) is 23.9 Å². The van der Waals surface area contributed by atoms with E-state index in [1.165, 1.54) is 58.0 Å². The number of methoxy groups -OCH3 is 1. The molecule has 0 spiro atoms. The van der Waals surface area contributed by atoms with Gasteiger partial charge in [0.25, 0.3) is 11.8 Å². The number of esters is 2. The second-order valence-electron chi connectivity index (χ2n) is 18.7. The van der Waals surface area contributed by atoms with Gasteiger partial charge in [-0.1, -0.05) is 181 Å². The molecule has 0 saturated carbocycles. The Bertz CT molecular complexity index is 3570. The Hall–Kier alpha value is -8.62. The van der Waals surface area contributed by atoms with Crippen molar-refractivity contribution in [2.24, 2.45) is 5.16 Å². The summed E-state index contributed by atoms with van der Waals surface area (Å²) < 4.78 is 19.0. The van der Waals surface area contributed by atoms with Crippen LogP contribution < -0.4 is 15.4 Å². The number of β-lactam (4-membered cyclic amide) rings is 1. The number of fused-ring (bicyclic) bond motifs is 2. The number of nitrogens with zero attached hydrogens (tertiary/aromatic N) is 5. The molecule has 406 valence electrons. The largest absolute Gasteiger partial charge is 0.497 e. The number of rotatable bonds is 21.